The minimum atomic E-state index is -0.458. The molecule has 3 heteroatoms. The molecular formula is C14H19ClO2. The molecule has 0 bridgehead atoms. The molecule has 0 aliphatic carbocycles. The quantitative estimate of drug-likeness (QED) is 0.898. The normalized spacial score (nSPS) is 26.1. The van der Waals surface area contributed by atoms with Gasteiger partial charge in [-0.25, -0.2) is 0 Å². The van der Waals surface area contributed by atoms with E-state index in [1.807, 2.05) is 32.0 Å². The molecule has 3 unspecified atom stereocenters. The summed E-state index contributed by atoms with van der Waals surface area (Å²) in [5.41, 5.74) is 2.13. The molecule has 2 rings (SSSR count). The molecule has 0 amide bonds. The second-order valence-electron chi connectivity index (χ2n) is 4.93. The molecule has 1 aromatic carbocycles. The van der Waals surface area contributed by atoms with Gasteiger partial charge in [0, 0.05) is 11.4 Å². The van der Waals surface area contributed by atoms with Crippen LogP contribution in [-0.4, -0.2) is 23.4 Å². The van der Waals surface area contributed by atoms with Crippen LogP contribution >= 0.6 is 11.6 Å². The smallest absolute Gasteiger partial charge is 0.0842 e. The van der Waals surface area contributed by atoms with Gasteiger partial charge in [0.25, 0.3) is 0 Å². The van der Waals surface area contributed by atoms with E-state index in [1.165, 1.54) is 0 Å². The number of aryl methyl sites for hydroxylation is 1. The third-order valence-electron chi connectivity index (χ3n) is 3.33. The number of aliphatic hydroxyl groups excluding tert-OH is 1. The fourth-order valence-electron chi connectivity index (χ4n) is 2.29. The molecule has 1 N–H and O–H groups in total. The van der Waals surface area contributed by atoms with Crippen LogP contribution in [0.2, 0.25) is 5.02 Å². The van der Waals surface area contributed by atoms with E-state index in [2.05, 4.69) is 0 Å². The third kappa shape index (κ3) is 3.21. The van der Waals surface area contributed by atoms with Crippen LogP contribution in [0.4, 0.5) is 0 Å². The molecule has 1 aliphatic rings. The maximum Gasteiger partial charge on any atom is 0.0842 e. The van der Waals surface area contributed by atoms with Crippen LogP contribution in [0.15, 0.2) is 18.2 Å². The third-order valence-corrected chi connectivity index (χ3v) is 3.68. The molecule has 3 atom stereocenters. The number of ether oxygens (including phenoxy) is 1. The fraction of sp³-hybridized carbons (Fsp3) is 0.571. The SMILES string of the molecule is Cc1ccc(CC(O)C2CCC(C)O2)c(Cl)c1. The lowest BCUT2D eigenvalue weighted by Gasteiger charge is -2.19. The van der Waals surface area contributed by atoms with Crippen molar-refractivity contribution in [2.75, 3.05) is 0 Å². The van der Waals surface area contributed by atoms with Crippen LogP contribution in [-0.2, 0) is 11.2 Å². The molecule has 0 spiro atoms. The van der Waals surface area contributed by atoms with Crippen molar-refractivity contribution in [2.45, 2.75) is 51.4 Å². The first-order chi connectivity index (χ1) is 8.06. The van der Waals surface area contributed by atoms with Crippen LogP contribution < -0.4 is 0 Å². The molecule has 1 aliphatic heterocycles. The van der Waals surface area contributed by atoms with Crippen LogP contribution in [0, 0.1) is 6.92 Å². The van der Waals surface area contributed by atoms with E-state index in [9.17, 15) is 5.11 Å². The van der Waals surface area contributed by atoms with Gasteiger partial charge < -0.3 is 9.84 Å². The molecule has 94 valence electrons. The molecular weight excluding hydrogens is 236 g/mol. The van der Waals surface area contributed by atoms with Crippen molar-refractivity contribution in [1.82, 2.24) is 0 Å². The monoisotopic (exact) mass is 254 g/mol. The summed E-state index contributed by atoms with van der Waals surface area (Å²) in [4.78, 5) is 0. The first-order valence-corrected chi connectivity index (χ1v) is 6.52. The Kier molecular flexibility index (Phi) is 4.08. The molecule has 0 aromatic heterocycles. The van der Waals surface area contributed by atoms with Crippen LogP contribution in [0.25, 0.3) is 0 Å². The largest absolute Gasteiger partial charge is 0.390 e. The van der Waals surface area contributed by atoms with Gasteiger partial charge in [0.2, 0.25) is 0 Å². The molecule has 17 heavy (non-hydrogen) atoms. The van der Waals surface area contributed by atoms with Gasteiger partial charge in [-0.05, 0) is 43.9 Å². The Labute approximate surface area is 108 Å². The first-order valence-electron chi connectivity index (χ1n) is 6.15. The predicted octanol–water partition coefficient (Wildman–Crippen LogP) is 3.12. The summed E-state index contributed by atoms with van der Waals surface area (Å²) >= 11 is 6.16. The second-order valence-corrected chi connectivity index (χ2v) is 5.34. The van der Waals surface area contributed by atoms with Crippen molar-refractivity contribution < 1.29 is 9.84 Å². The van der Waals surface area contributed by atoms with Gasteiger partial charge in [-0.15, -0.1) is 0 Å². The van der Waals surface area contributed by atoms with Gasteiger partial charge in [0.05, 0.1) is 18.3 Å². The summed E-state index contributed by atoms with van der Waals surface area (Å²) < 4.78 is 5.67. The van der Waals surface area contributed by atoms with E-state index in [-0.39, 0.29) is 12.2 Å². The van der Waals surface area contributed by atoms with Gasteiger partial charge in [0.1, 0.15) is 0 Å². The lowest BCUT2D eigenvalue weighted by Crippen LogP contribution is -2.28. The van der Waals surface area contributed by atoms with Gasteiger partial charge >= 0.3 is 0 Å². The van der Waals surface area contributed by atoms with Crippen LogP contribution in [0.5, 0.6) is 0 Å². The molecule has 1 saturated heterocycles. The lowest BCUT2D eigenvalue weighted by molar-refractivity contribution is -0.0278. The molecule has 1 fully saturated rings. The number of hydrogen-bond acceptors (Lipinski definition) is 2. The molecule has 0 saturated carbocycles. The van der Waals surface area contributed by atoms with E-state index >= 15 is 0 Å². The minimum Gasteiger partial charge on any atom is -0.390 e. The Morgan fingerprint density at radius 3 is 2.82 bits per heavy atom. The highest BCUT2D eigenvalue weighted by Crippen LogP contribution is 2.25. The zero-order chi connectivity index (χ0) is 12.4. The Bertz CT molecular complexity index is 392. The maximum absolute atomic E-state index is 10.1. The van der Waals surface area contributed by atoms with E-state index in [1.54, 1.807) is 0 Å². The van der Waals surface area contributed by atoms with Crippen molar-refractivity contribution >= 4 is 11.6 Å². The zero-order valence-electron chi connectivity index (χ0n) is 10.3. The highest BCUT2D eigenvalue weighted by molar-refractivity contribution is 6.31. The van der Waals surface area contributed by atoms with Crippen molar-refractivity contribution in [3.05, 3.63) is 34.3 Å². The Morgan fingerprint density at radius 2 is 2.24 bits per heavy atom. The summed E-state index contributed by atoms with van der Waals surface area (Å²) in [6.45, 7) is 4.05. The van der Waals surface area contributed by atoms with Gasteiger partial charge in [-0.2, -0.15) is 0 Å². The first kappa shape index (κ1) is 12.9. The fourth-order valence-corrected chi connectivity index (χ4v) is 2.60. The Hall–Kier alpha value is -0.570. The zero-order valence-corrected chi connectivity index (χ0v) is 11.1. The van der Waals surface area contributed by atoms with Crippen molar-refractivity contribution in [3.63, 3.8) is 0 Å². The molecule has 2 nitrogen and oxygen atoms in total. The van der Waals surface area contributed by atoms with E-state index in [0.29, 0.717) is 6.42 Å². The molecule has 1 heterocycles. The van der Waals surface area contributed by atoms with Crippen molar-refractivity contribution in [1.29, 1.82) is 0 Å². The summed E-state index contributed by atoms with van der Waals surface area (Å²) in [6, 6.07) is 5.94. The predicted molar refractivity (Wildman–Crippen MR) is 69.5 cm³/mol. The number of benzene rings is 1. The van der Waals surface area contributed by atoms with Crippen LogP contribution in [0.3, 0.4) is 0 Å². The van der Waals surface area contributed by atoms with Crippen molar-refractivity contribution in [3.8, 4) is 0 Å². The van der Waals surface area contributed by atoms with Gasteiger partial charge in [0.15, 0.2) is 0 Å². The summed E-state index contributed by atoms with van der Waals surface area (Å²) in [5.74, 6) is 0. The topological polar surface area (TPSA) is 29.5 Å². The number of hydrogen-bond donors (Lipinski definition) is 1. The highest BCUT2D eigenvalue weighted by Gasteiger charge is 2.28. The van der Waals surface area contributed by atoms with Crippen LogP contribution in [0.1, 0.15) is 30.9 Å². The number of halogens is 1. The lowest BCUT2D eigenvalue weighted by atomic mass is 10.0. The van der Waals surface area contributed by atoms with E-state index in [0.717, 1.165) is 29.0 Å². The molecule has 1 aromatic rings. The highest BCUT2D eigenvalue weighted by atomic mass is 35.5. The number of aliphatic hydroxyl groups is 1. The van der Waals surface area contributed by atoms with Gasteiger partial charge in [-0.3, -0.25) is 0 Å². The average molecular weight is 255 g/mol. The molecule has 0 radical (unpaired) electrons. The minimum absolute atomic E-state index is 0.0395. The summed E-state index contributed by atoms with van der Waals surface area (Å²) in [6.07, 6.45) is 2.30. The van der Waals surface area contributed by atoms with Crippen molar-refractivity contribution in [2.24, 2.45) is 0 Å². The standard InChI is InChI=1S/C14H19ClO2/c1-9-3-5-11(12(15)7-9)8-13(16)14-6-4-10(2)17-14/h3,5,7,10,13-14,16H,4,6,8H2,1-2H3. The maximum atomic E-state index is 10.1. The summed E-state index contributed by atoms with van der Waals surface area (Å²) in [5, 5.41) is 10.9. The summed E-state index contributed by atoms with van der Waals surface area (Å²) in [7, 11) is 0. The van der Waals surface area contributed by atoms with E-state index < -0.39 is 6.10 Å². The van der Waals surface area contributed by atoms with E-state index in [4.69, 9.17) is 16.3 Å². The number of rotatable bonds is 3. The average Bonchev–Trinajstić information content (AvgIpc) is 2.69. The second kappa shape index (κ2) is 5.38. The Balaban J connectivity index is 2.00. The van der Waals surface area contributed by atoms with Gasteiger partial charge in [-0.1, -0.05) is 23.7 Å². The Morgan fingerprint density at radius 1 is 1.47 bits per heavy atom.